The van der Waals surface area contributed by atoms with E-state index in [1.54, 1.807) is 4.90 Å². The molecule has 0 spiro atoms. The topological polar surface area (TPSA) is 20.3 Å². The van der Waals surface area contributed by atoms with Crippen LogP contribution >= 0.6 is 12.4 Å². The molecular formula is C6H12ClNO. The van der Waals surface area contributed by atoms with E-state index in [0.29, 0.717) is 5.91 Å². The molecule has 0 bridgehead atoms. The fourth-order valence-corrected chi connectivity index (χ4v) is 0.997. The first-order chi connectivity index (χ1) is 3.72. The first kappa shape index (κ1) is 8.76. The molecule has 54 valence electrons. The molecule has 0 aliphatic carbocycles. The van der Waals surface area contributed by atoms with Gasteiger partial charge in [0, 0.05) is 19.5 Å². The van der Waals surface area contributed by atoms with Crippen LogP contribution in [0.15, 0.2) is 0 Å². The number of halogens is 1. The molecule has 0 radical (unpaired) electrons. The van der Waals surface area contributed by atoms with Crippen LogP contribution in [0.2, 0.25) is 0 Å². The Labute approximate surface area is 61.6 Å². The highest BCUT2D eigenvalue weighted by atomic mass is 35.5. The summed E-state index contributed by atoms with van der Waals surface area (Å²) in [7, 11) is 1.85. The van der Waals surface area contributed by atoms with E-state index in [9.17, 15) is 4.79 Å². The number of rotatable bonds is 0. The third-order valence-electron chi connectivity index (χ3n) is 1.70. The minimum absolute atomic E-state index is 0. The predicted octanol–water partition coefficient (Wildman–Crippen LogP) is 0.906. The van der Waals surface area contributed by atoms with Crippen LogP contribution < -0.4 is 0 Å². The van der Waals surface area contributed by atoms with E-state index >= 15 is 0 Å². The number of carbonyl (C=O) groups is 1. The Bertz CT molecular complexity index is 104. The summed E-state index contributed by atoms with van der Waals surface area (Å²) in [6.45, 7) is 2.92. The average Bonchev–Trinajstić information content (AvgIpc) is 1.98. The smallest absolute Gasteiger partial charge is 0.225 e. The molecule has 1 amide bonds. The van der Waals surface area contributed by atoms with Crippen LogP contribution in [-0.2, 0) is 4.79 Å². The van der Waals surface area contributed by atoms with Crippen molar-refractivity contribution >= 4 is 18.3 Å². The van der Waals surface area contributed by atoms with Gasteiger partial charge in [-0.25, -0.2) is 0 Å². The first-order valence-electron chi connectivity index (χ1n) is 2.97. The normalized spacial score (nSPS) is 26.2. The largest absolute Gasteiger partial charge is 0.346 e. The molecule has 0 aromatic heterocycles. The van der Waals surface area contributed by atoms with Crippen molar-refractivity contribution < 1.29 is 4.79 Å². The molecule has 0 aromatic rings. The van der Waals surface area contributed by atoms with E-state index in [2.05, 4.69) is 0 Å². The van der Waals surface area contributed by atoms with Crippen LogP contribution in [-0.4, -0.2) is 24.4 Å². The zero-order chi connectivity index (χ0) is 6.15. The van der Waals surface area contributed by atoms with Crippen molar-refractivity contribution in [1.82, 2.24) is 4.90 Å². The third kappa shape index (κ3) is 1.58. The minimum atomic E-state index is 0. The molecule has 1 rings (SSSR count). The lowest BCUT2D eigenvalue weighted by atomic mass is 10.1. The minimum Gasteiger partial charge on any atom is -0.346 e. The Morgan fingerprint density at radius 3 is 2.33 bits per heavy atom. The highest BCUT2D eigenvalue weighted by Crippen LogP contribution is 2.13. The van der Waals surface area contributed by atoms with Gasteiger partial charge in [0.1, 0.15) is 0 Å². The number of hydrogen-bond donors (Lipinski definition) is 0. The Kier molecular flexibility index (Phi) is 2.98. The second-order valence-electron chi connectivity index (χ2n) is 2.45. The summed E-state index contributed by atoms with van der Waals surface area (Å²) in [6, 6.07) is 0. The number of likely N-dealkylation sites (tertiary alicyclic amines) is 1. The van der Waals surface area contributed by atoms with Crippen LogP contribution in [0.25, 0.3) is 0 Å². The fraction of sp³-hybridized carbons (Fsp3) is 0.833. The summed E-state index contributed by atoms with van der Waals surface area (Å²) in [5.74, 6) is 0.574. The highest BCUT2D eigenvalue weighted by Gasteiger charge is 2.23. The van der Waals surface area contributed by atoms with Crippen LogP contribution in [0.5, 0.6) is 0 Å². The zero-order valence-corrected chi connectivity index (χ0v) is 6.57. The van der Waals surface area contributed by atoms with Crippen molar-refractivity contribution in [2.24, 2.45) is 5.92 Å². The summed E-state index contributed by atoms with van der Waals surface area (Å²) >= 11 is 0. The maximum atomic E-state index is 10.8. The standard InChI is InChI=1S/C6H11NO.ClH/c1-5-3-4-7(2)6(5)8;/h5H,3-4H2,1-2H3;1H. The summed E-state index contributed by atoms with van der Waals surface area (Å²) in [4.78, 5) is 12.6. The molecule has 1 aliphatic heterocycles. The van der Waals surface area contributed by atoms with E-state index in [1.807, 2.05) is 14.0 Å². The SMILES string of the molecule is CC1CCN(C)C1=O.Cl. The zero-order valence-electron chi connectivity index (χ0n) is 5.76. The van der Waals surface area contributed by atoms with Gasteiger partial charge in [-0.1, -0.05) is 6.92 Å². The maximum Gasteiger partial charge on any atom is 0.225 e. The second kappa shape index (κ2) is 3.06. The Morgan fingerprint density at radius 2 is 2.22 bits per heavy atom. The number of carbonyl (C=O) groups excluding carboxylic acids is 1. The van der Waals surface area contributed by atoms with E-state index in [0.717, 1.165) is 13.0 Å². The third-order valence-corrected chi connectivity index (χ3v) is 1.70. The fourth-order valence-electron chi connectivity index (χ4n) is 0.997. The number of hydrogen-bond acceptors (Lipinski definition) is 1. The summed E-state index contributed by atoms with van der Waals surface area (Å²) < 4.78 is 0. The lowest BCUT2D eigenvalue weighted by Gasteiger charge is -2.05. The molecule has 1 heterocycles. The van der Waals surface area contributed by atoms with Gasteiger partial charge < -0.3 is 4.90 Å². The molecular weight excluding hydrogens is 138 g/mol. The molecule has 3 heteroatoms. The van der Waals surface area contributed by atoms with Gasteiger partial charge in [0.15, 0.2) is 0 Å². The Balaban J connectivity index is 0.000000640. The Hall–Kier alpha value is -0.240. The predicted molar refractivity (Wildman–Crippen MR) is 38.7 cm³/mol. The van der Waals surface area contributed by atoms with E-state index in [4.69, 9.17) is 0 Å². The van der Waals surface area contributed by atoms with Crippen molar-refractivity contribution in [3.05, 3.63) is 0 Å². The van der Waals surface area contributed by atoms with E-state index in [-0.39, 0.29) is 18.3 Å². The molecule has 0 N–H and O–H groups in total. The van der Waals surface area contributed by atoms with Crippen molar-refractivity contribution in [2.75, 3.05) is 13.6 Å². The van der Waals surface area contributed by atoms with Crippen LogP contribution in [0.1, 0.15) is 13.3 Å². The summed E-state index contributed by atoms with van der Waals surface area (Å²) in [6.07, 6.45) is 1.04. The van der Waals surface area contributed by atoms with Gasteiger partial charge in [0.25, 0.3) is 0 Å². The Morgan fingerprint density at radius 1 is 1.67 bits per heavy atom. The second-order valence-corrected chi connectivity index (χ2v) is 2.45. The molecule has 0 saturated carbocycles. The van der Waals surface area contributed by atoms with Gasteiger partial charge in [-0.05, 0) is 6.42 Å². The van der Waals surface area contributed by atoms with Crippen molar-refractivity contribution in [3.8, 4) is 0 Å². The van der Waals surface area contributed by atoms with Crippen LogP contribution in [0, 0.1) is 5.92 Å². The summed E-state index contributed by atoms with van der Waals surface area (Å²) in [5.41, 5.74) is 0. The highest BCUT2D eigenvalue weighted by molar-refractivity contribution is 5.85. The number of nitrogens with zero attached hydrogens (tertiary/aromatic N) is 1. The quantitative estimate of drug-likeness (QED) is 0.502. The van der Waals surface area contributed by atoms with Gasteiger partial charge in [-0.3, -0.25) is 4.79 Å². The van der Waals surface area contributed by atoms with Crippen molar-refractivity contribution in [3.63, 3.8) is 0 Å². The lowest BCUT2D eigenvalue weighted by molar-refractivity contribution is -0.129. The monoisotopic (exact) mass is 149 g/mol. The maximum absolute atomic E-state index is 10.8. The molecule has 1 atom stereocenters. The lowest BCUT2D eigenvalue weighted by Crippen LogP contribution is -2.21. The molecule has 1 fully saturated rings. The number of amides is 1. The van der Waals surface area contributed by atoms with Gasteiger partial charge in [-0.15, -0.1) is 12.4 Å². The van der Waals surface area contributed by atoms with Crippen molar-refractivity contribution in [1.29, 1.82) is 0 Å². The van der Waals surface area contributed by atoms with Crippen molar-refractivity contribution in [2.45, 2.75) is 13.3 Å². The summed E-state index contributed by atoms with van der Waals surface area (Å²) in [5, 5.41) is 0. The molecule has 1 saturated heterocycles. The molecule has 2 nitrogen and oxygen atoms in total. The first-order valence-corrected chi connectivity index (χ1v) is 2.97. The molecule has 9 heavy (non-hydrogen) atoms. The average molecular weight is 150 g/mol. The van der Waals surface area contributed by atoms with Gasteiger partial charge in [-0.2, -0.15) is 0 Å². The van der Waals surface area contributed by atoms with Crippen LogP contribution in [0.4, 0.5) is 0 Å². The molecule has 0 aromatic carbocycles. The van der Waals surface area contributed by atoms with Gasteiger partial charge in [0.05, 0.1) is 0 Å². The van der Waals surface area contributed by atoms with Gasteiger partial charge in [0.2, 0.25) is 5.91 Å². The van der Waals surface area contributed by atoms with E-state index < -0.39 is 0 Å². The van der Waals surface area contributed by atoms with Gasteiger partial charge >= 0.3 is 0 Å². The van der Waals surface area contributed by atoms with Crippen LogP contribution in [0.3, 0.4) is 0 Å². The molecule has 1 unspecified atom stereocenters. The van der Waals surface area contributed by atoms with E-state index in [1.165, 1.54) is 0 Å². The molecule has 1 aliphatic rings.